The molecule has 0 bridgehead atoms. The highest BCUT2D eigenvalue weighted by atomic mass is 35.5. The van der Waals surface area contributed by atoms with Gasteiger partial charge in [0.1, 0.15) is 5.75 Å². The predicted octanol–water partition coefficient (Wildman–Crippen LogP) is 2.64. The van der Waals surface area contributed by atoms with Crippen molar-refractivity contribution >= 4 is 29.4 Å². The molecule has 1 fully saturated rings. The number of imide groups is 1. The van der Waals surface area contributed by atoms with Gasteiger partial charge in [0.05, 0.1) is 19.1 Å². The van der Waals surface area contributed by atoms with Gasteiger partial charge in [0.15, 0.2) is 0 Å². The highest BCUT2D eigenvalue weighted by Gasteiger charge is 2.41. The predicted molar refractivity (Wildman–Crippen MR) is 83.6 cm³/mol. The molecule has 0 radical (unpaired) electrons. The van der Waals surface area contributed by atoms with Crippen LogP contribution in [0, 0.1) is 5.41 Å². The van der Waals surface area contributed by atoms with Crippen LogP contribution >= 0.6 is 11.6 Å². The number of aliphatic carboxylic acids is 1. The van der Waals surface area contributed by atoms with E-state index in [1.807, 2.05) is 0 Å². The maximum Gasteiger partial charge on any atom is 0.303 e. The van der Waals surface area contributed by atoms with E-state index in [0.717, 1.165) is 6.42 Å². The lowest BCUT2D eigenvalue weighted by Gasteiger charge is -2.40. The van der Waals surface area contributed by atoms with Crippen molar-refractivity contribution in [2.24, 2.45) is 5.41 Å². The summed E-state index contributed by atoms with van der Waals surface area (Å²) in [5.74, 6) is -1.72. The van der Waals surface area contributed by atoms with Gasteiger partial charge in [-0.1, -0.05) is 18.0 Å². The molecule has 1 aliphatic rings. The number of benzene rings is 1. The summed E-state index contributed by atoms with van der Waals surface area (Å²) in [7, 11) is 1.41. The van der Waals surface area contributed by atoms with E-state index in [4.69, 9.17) is 21.4 Å². The zero-order chi connectivity index (χ0) is 17.0. The average molecular weight is 340 g/mol. The molecule has 0 atom stereocenters. The summed E-state index contributed by atoms with van der Waals surface area (Å²) >= 11 is 5.86. The average Bonchev–Trinajstić information content (AvgIpc) is 2.44. The van der Waals surface area contributed by atoms with Crippen molar-refractivity contribution < 1.29 is 24.2 Å². The first kappa shape index (κ1) is 17.3. The summed E-state index contributed by atoms with van der Waals surface area (Å²) in [6, 6.07) is 4.54. The number of ether oxygens (including phenoxy) is 1. The van der Waals surface area contributed by atoms with Crippen molar-refractivity contribution in [3.63, 3.8) is 0 Å². The van der Waals surface area contributed by atoms with Gasteiger partial charge in [-0.25, -0.2) is 0 Å². The molecule has 0 aliphatic heterocycles. The van der Waals surface area contributed by atoms with Crippen molar-refractivity contribution in [3.8, 4) is 5.75 Å². The summed E-state index contributed by atoms with van der Waals surface area (Å²) in [4.78, 5) is 35.2. The molecule has 2 N–H and O–H groups in total. The van der Waals surface area contributed by atoms with Gasteiger partial charge < -0.3 is 9.84 Å². The fraction of sp³-hybridized carbons (Fsp3) is 0.438. The highest BCUT2D eigenvalue weighted by Crippen LogP contribution is 2.46. The normalized spacial score (nSPS) is 15.4. The molecule has 23 heavy (non-hydrogen) atoms. The SMILES string of the molecule is COc1ccc(Cl)cc1C(=O)NC(=O)CC1(CC(=O)O)CCC1. The molecule has 1 aromatic rings. The lowest BCUT2D eigenvalue weighted by molar-refractivity contribution is -0.142. The molecule has 0 heterocycles. The molecule has 0 aromatic heterocycles. The smallest absolute Gasteiger partial charge is 0.303 e. The third-order valence-electron chi connectivity index (χ3n) is 4.14. The number of hydrogen-bond acceptors (Lipinski definition) is 4. The van der Waals surface area contributed by atoms with Crippen LogP contribution in [0.4, 0.5) is 0 Å². The van der Waals surface area contributed by atoms with E-state index < -0.39 is 23.2 Å². The quantitative estimate of drug-likeness (QED) is 0.831. The number of carboxylic acid groups (broad SMARTS) is 1. The van der Waals surface area contributed by atoms with Crippen LogP contribution < -0.4 is 10.1 Å². The second kappa shape index (κ2) is 7.00. The van der Waals surface area contributed by atoms with Gasteiger partial charge >= 0.3 is 5.97 Å². The Balaban J connectivity index is 2.04. The minimum absolute atomic E-state index is 0.0217. The largest absolute Gasteiger partial charge is 0.496 e. The number of methoxy groups -OCH3 is 1. The summed E-state index contributed by atoms with van der Waals surface area (Å²) in [5.41, 5.74) is -0.372. The number of carboxylic acids is 1. The minimum atomic E-state index is -0.930. The first-order valence-corrected chi connectivity index (χ1v) is 7.62. The van der Waals surface area contributed by atoms with E-state index in [1.165, 1.54) is 13.2 Å². The number of carbonyl (C=O) groups excluding carboxylic acids is 2. The Labute approximate surface area is 138 Å². The topological polar surface area (TPSA) is 92.7 Å². The van der Waals surface area contributed by atoms with Crippen LogP contribution in [0.1, 0.15) is 42.5 Å². The van der Waals surface area contributed by atoms with Crippen LogP contribution in [0.25, 0.3) is 0 Å². The van der Waals surface area contributed by atoms with Crippen LogP contribution in [0.2, 0.25) is 5.02 Å². The van der Waals surface area contributed by atoms with E-state index in [0.29, 0.717) is 23.6 Å². The zero-order valence-corrected chi connectivity index (χ0v) is 13.5. The van der Waals surface area contributed by atoms with Gasteiger partial charge in [0.2, 0.25) is 5.91 Å². The summed E-state index contributed by atoms with van der Waals surface area (Å²) < 4.78 is 5.08. The number of nitrogens with one attached hydrogen (secondary N) is 1. The Morgan fingerprint density at radius 2 is 2.00 bits per heavy atom. The molecule has 2 amide bonds. The Hall–Kier alpha value is -2.08. The zero-order valence-electron chi connectivity index (χ0n) is 12.7. The lowest BCUT2D eigenvalue weighted by Crippen LogP contribution is -2.40. The Morgan fingerprint density at radius 1 is 1.30 bits per heavy atom. The second-order valence-corrected chi connectivity index (χ2v) is 6.26. The van der Waals surface area contributed by atoms with Gasteiger partial charge in [-0.15, -0.1) is 0 Å². The third-order valence-corrected chi connectivity index (χ3v) is 4.37. The number of amides is 2. The number of carbonyl (C=O) groups is 3. The summed E-state index contributed by atoms with van der Waals surface area (Å²) in [6.45, 7) is 0. The van der Waals surface area contributed by atoms with Gasteiger partial charge in [-0.3, -0.25) is 19.7 Å². The third kappa shape index (κ3) is 4.22. The first-order chi connectivity index (χ1) is 10.8. The molecular weight excluding hydrogens is 322 g/mol. The molecule has 0 unspecified atom stereocenters. The molecular formula is C16H18ClNO5. The number of halogens is 1. The Morgan fingerprint density at radius 3 is 2.52 bits per heavy atom. The monoisotopic (exact) mass is 339 g/mol. The molecule has 1 saturated carbocycles. The molecule has 124 valence electrons. The van der Waals surface area contributed by atoms with E-state index >= 15 is 0 Å². The van der Waals surface area contributed by atoms with Crippen LogP contribution in [0.5, 0.6) is 5.75 Å². The lowest BCUT2D eigenvalue weighted by atomic mass is 9.64. The molecule has 1 aromatic carbocycles. The van der Waals surface area contributed by atoms with Gasteiger partial charge in [0, 0.05) is 11.4 Å². The summed E-state index contributed by atoms with van der Waals surface area (Å²) in [6.07, 6.45) is 2.22. The van der Waals surface area contributed by atoms with E-state index in [2.05, 4.69) is 5.32 Å². The van der Waals surface area contributed by atoms with Crippen molar-refractivity contribution in [1.82, 2.24) is 5.32 Å². The van der Waals surface area contributed by atoms with E-state index in [9.17, 15) is 14.4 Å². The molecule has 0 spiro atoms. The van der Waals surface area contributed by atoms with Crippen LogP contribution in [0.15, 0.2) is 18.2 Å². The molecule has 2 rings (SSSR count). The van der Waals surface area contributed by atoms with E-state index in [-0.39, 0.29) is 18.4 Å². The van der Waals surface area contributed by atoms with Crippen molar-refractivity contribution in [2.75, 3.05) is 7.11 Å². The minimum Gasteiger partial charge on any atom is -0.496 e. The number of hydrogen-bond donors (Lipinski definition) is 2. The van der Waals surface area contributed by atoms with Crippen molar-refractivity contribution in [1.29, 1.82) is 0 Å². The van der Waals surface area contributed by atoms with Crippen LogP contribution in [-0.4, -0.2) is 30.0 Å². The fourth-order valence-corrected chi connectivity index (χ4v) is 3.02. The van der Waals surface area contributed by atoms with Crippen LogP contribution in [-0.2, 0) is 9.59 Å². The van der Waals surface area contributed by atoms with Crippen LogP contribution in [0.3, 0.4) is 0 Å². The second-order valence-electron chi connectivity index (χ2n) is 5.82. The molecule has 1 aliphatic carbocycles. The maximum atomic E-state index is 12.2. The first-order valence-electron chi connectivity index (χ1n) is 7.25. The Bertz CT molecular complexity index is 639. The Kier molecular flexibility index (Phi) is 5.26. The number of rotatable bonds is 6. The molecule has 6 nitrogen and oxygen atoms in total. The summed E-state index contributed by atoms with van der Waals surface area (Å²) in [5, 5.41) is 11.6. The van der Waals surface area contributed by atoms with Crippen molar-refractivity contribution in [2.45, 2.75) is 32.1 Å². The maximum absolute atomic E-state index is 12.2. The molecule has 0 saturated heterocycles. The van der Waals surface area contributed by atoms with Gasteiger partial charge in [-0.2, -0.15) is 0 Å². The van der Waals surface area contributed by atoms with Gasteiger partial charge in [-0.05, 0) is 36.5 Å². The highest BCUT2D eigenvalue weighted by molar-refractivity contribution is 6.31. The fourth-order valence-electron chi connectivity index (χ4n) is 2.85. The standard InChI is InChI=1S/C16H18ClNO5/c1-23-12-4-3-10(17)7-11(12)15(22)18-13(19)8-16(5-2-6-16)9-14(20)21/h3-4,7H,2,5-6,8-9H2,1H3,(H,20,21)(H,18,19,22). The van der Waals surface area contributed by atoms with E-state index in [1.54, 1.807) is 12.1 Å². The van der Waals surface area contributed by atoms with Crippen molar-refractivity contribution in [3.05, 3.63) is 28.8 Å². The molecule has 7 heteroatoms. The van der Waals surface area contributed by atoms with Gasteiger partial charge in [0.25, 0.3) is 5.91 Å².